The van der Waals surface area contributed by atoms with E-state index in [0.29, 0.717) is 18.8 Å². The highest BCUT2D eigenvalue weighted by molar-refractivity contribution is 5.75. The summed E-state index contributed by atoms with van der Waals surface area (Å²) in [6.07, 6.45) is 5.26. The Morgan fingerprint density at radius 1 is 1.19 bits per heavy atom. The van der Waals surface area contributed by atoms with Gasteiger partial charge in [0.2, 0.25) is 0 Å². The fraction of sp³-hybridized carbons (Fsp3) is 0.619. The molecule has 6 heteroatoms. The van der Waals surface area contributed by atoms with Crippen LogP contribution < -0.4 is 5.32 Å². The number of carbonyl (C=O) groups excluding carboxylic acids is 1. The summed E-state index contributed by atoms with van der Waals surface area (Å²) >= 11 is 0. The lowest BCUT2D eigenvalue weighted by Crippen LogP contribution is -2.50. The van der Waals surface area contributed by atoms with Crippen molar-refractivity contribution in [3.63, 3.8) is 0 Å². The van der Waals surface area contributed by atoms with Crippen LogP contribution in [0.25, 0.3) is 0 Å². The third-order valence-electron chi connectivity index (χ3n) is 5.73. The van der Waals surface area contributed by atoms with Crippen LogP contribution in [-0.2, 0) is 16.0 Å². The van der Waals surface area contributed by atoms with Gasteiger partial charge in [0, 0.05) is 38.3 Å². The number of carboxylic acid groups (broad SMARTS) is 1. The second-order valence-electron chi connectivity index (χ2n) is 7.62. The molecule has 2 fully saturated rings. The third kappa shape index (κ3) is 5.70. The molecule has 0 aliphatic carbocycles. The number of benzene rings is 1. The summed E-state index contributed by atoms with van der Waals surface area (Å²) in [5.41, 5.74) is 1.11. The summed E-state index contributed by atoms with van der Waals surface area (Å²) in [6.45, 7) is 2.35. The SMILES string of the molecule is O=C(O)CCC(Cc1ccccc1)NC(=O)N1CCCC1C1CCOCC1. The average molecular weight is 374 g/mol. The minimum Gasteiger partial charge on any atom is -0.481 e. The zero-order valence-electron chi connectivity index (χ0n) is 15.8. The van der Waals surface area contributed by atoms with E-state index in [1.54, 1.807) is 0 Å². The van der Waals surface area contributed by atoms with Gasteiger partial charge < -0.3 is 20.1 Å². The molecule has 1 aromatic rings. The number of rotatable bonds is 7. The van der Waals surface area contributed by atoms with Gasteiger partial charge in [-0.2, -0.15) is 0 Å². The third-order valence-corrected chi connectivity index (χ3v) is 5.73. The van der Waals surface area contributed by atoms with E-state index in [9.17, 15) is 9.59 Å². The second kappa shape index (κ2) is 9.74. The molecule has 2 N–H and O–H groups in total. The number of nitrogens with zero attached hydrogens (tertiary/aromatic N) is 1. The molecule has 2 amide bonds. The van der Waals surface area contributed by atoms with E-state index in [1.165, 1.54) is 0 Å². The van der Waals surface area contributed by atoms with E-state index in [0.717, 1.165) is 51.0 Å². The smallest absolute Gasteiger partial charge is 0.317 e. The Hall–Kier alpha value is -2.08. The molecule has 0 spiro atoms. The molecule has 2 heterocycles. The molecule has 2 unspecified atom stereocenters. The van der Waals surface area contributed by atoms with Gasteiger partial charge in [0.05, 0.1) is 0 Å². The first kappa shape index (κ1) is 19.7. The maximum Gasteiger partial charge on any atom is 0.317 e. The summed E-state index contributed by atoms with van der Waals surface area (Å²) in [5.74, 6) is -0.317. The van der Waals surface area contributed by atoms with Crippen LogP contribution in [0.3, 0.4) is 0 Å². The summed E-state index contributed by atoms with van der Waals surface area (Å²) in [6, 6.07) is 9.98. The number of carboxylic acids is 1. The standard InChI is InChI=1S/C21H30N2O4/c24-20(25)9-8-18(15-16-5-2-1-3-6-16)22-21(26)23-12-4-7-19(23)17-10-13-27-14-11-17/h1-3,5-6,17-19H,4,7-15H2,(H,22,26)(H,24,25). The molecule has 0 saturated carbocycles. The summed E-state index contributed by atoms with van der Waals surface area (Å²) in [4.78, 5) is 26.0. The molecule has 2 saturated heterocycles. The lowest BCUT2D eigenvalue weighted by molar-refractivity contribution is -0.137. The second-order valence-corrected chi connectivity index (χ2v) is 7.62. The monoisotopic (exact) mass is 374 g/mol. The van der Waals surface area contributed by atoms with E-state index in [2.05, 4.69) is 5.32 Å². The largest absolute Gasteiger partial charge is 0.481 e. The van der Waals surface area contributed by atoms with Crippen LogP contribution in [0.5, 0.6) is 0 Å². The predicted molar refractivity (Wildman–Crippen MR) is 103 cm³/mol. The molecular weight excluding hydrogens is 344 g/mol. The first-order valence-corrected chi connectivity index (χ1v) is 10.0. The molecule has 6 nitrogen and oxygen atoms in total. The number of aliphatic carboxylic acids is 1. The molecule has 2 aliphatic rings. The highest BCUT2D eigenvalue weighted by atomic mass is 16.5. The zero-order valence-corrected chi connectivity index (χ0v) is 15.8. The number of nitrogens with one attached hydrogen (secondary N) is 1. The number of hydrogen-bond acceptors (Lipinski definition) is 3. The normalized spacial score (nSPS) is 21.8. The van der Waals surface area contributed by atoms with Gasteiger partial charge >= 0.3 is 12.0 Å². The Balaban J connectivity index is 1.62. The lowest BCUT2D eigenvalue weighted by atomic mass is 9.90. The van der Waals surface area contributed by atoms with Gasteiger partial charge in [-0.3, -0.25) is 4.79 Å². The van der Waals surface area contributed by atoms with E-state index >= 15 is 0 Å². The van der Waals surface area contributed by atoms with Crippen molar-refractivity contribution in [3.05, 3.63) is 35.9 Å². The van der Waals surface area contributed by atoms with Gasteiger partial charge in [-0.25, -0.2) is 4.79 Å². The van der Waals surface area contributed by atoms with Crippen molar-refractivity contribution in [2.75, 3.05) is 19.8 Å². The lowest BCUT2D eigenvalue weighted by Gasteiger charge is -2.35. The quantitative estimate of drug-likeness (QED) is 0.769. The van der Waals surface area contributed by atoms with Crippen molar-refractivity contribution in [1.82, 2.24) is 10.2 Å². The molecule has 1 aromatic carbocycles. The Labute approximate surface area is 160 Å². The van der Waals surface area contributed by atoms with Crippen molar-refractivity contribution in [2.45, 2.75) is 57.0 Å². The van der Waals surface area contributed by atoms with Crippen molar-refractivity contribution >= 4 is 12.0 Å². The van der Waals surface area contributed by atoms with E-state index in [1.807, 2.05) is 35.2 Å². The maximum atomic E-state index is 13.0. The van der Waals surface area contributed by atoms with Crippen molar-refractivity contribution in [3.8, 4) is 0 Å². The number of amides is 2. The molecule has 148 valence electrons. The number of ether oxygens (including phenoxy) is 1. The van der Waals surface area contributed by atoms with E-state index in [-0.39, 0.29) is 24.5 Å². The van der Waals surface area contributed by atoms with Gasteiger partial charge in [-0.1, -0.05) is 30.3 Å². The molecule has 2 aliphatic heterocycles. The summed E-state index contributed by atoms with van der Waals surface area (Å²) in [5, 5.41) is 12.2. The van der Waals surface area contributed by atoms with Crippen LogP contribution >= 0.6 is 0 Å². The number of hydrogen-bond donors (Lipinski definition) is 2. The number of carbonyl (C=O) groups is 2. The summed E-state index contributed by atoms with van der Waals surface area (Å²) in [7, 11) is 0. The van der Waals surface area contributed by atoms with Gasteiger partial charge in [0.15, 0.2) is 0 Å². The van der Waals surface area contributed by atoms with E-state index in [4.69, 9.17) is 9.84 Å². The highest BCUT2D eigenvalue weighted by Crippen LogP contribution is 2.30. The fourth-order valence-corrected chi connectivity index (χ4v) is 4.31. The van der Waals surface area contributed by atoms with Crippen LogP contribution in [0.2, 0.25) is 0 Å². The van der Waals surface area contributed by atoms with Gasteiger partial charge in [0.25, 0.3) is 0 Å². The molecular formula is C21H30N2O4. The number of likely N-dealkylation sites (tertiary alicyclic amines) is 1. The van der Waals surface area contributed by atoms with Crippen LogP contribution in [0.1, 0.15) is 44.1 Å². The van der Waals surface area contributed by atoms with Crippen LogP contribution in [0, 0.1) is 5.92 Å². The average Bonchev–Trinajstić information content (AvgIpc) is 3.17. The molecule has 0 bridgehead atoms. The first-order chi connectivity index (χ1) is 13.1. The van der Waals surface area contributed by atoms with Crippen LogP contribution in [0.4, 0.5) is 4.79 Å². The van der Waals surface area contributed by atoms with Gasteiger partial charge in [-0.15, -0.1) is 0 Å². The van der Waals surface area contributed by atoms with Crippen LogP contribution in [-0.4, -0.2) is 53.8 Å². The maximum absolute atomic E-state index is 13.0. The summed E-state index contributed by atoms with van der Waals surface area (Å²) < 4.78 is 5.47. The van der Waals surface area contributed by atoms with Crippen molar-refractivity contribution < 1.29 is 19.4 Å². The van der Waals surface area contributed by atoms with Crippen LogP contribution in [0.15, 0.2) is 30.3 Å². The molecule has 2 atom stereocenters. The molecule has 27 heavy (non-hydrogen) atoms. The Bertz CT molecular complexity index is 616. The minimum absolute atomic E-state index is 0.0460. The topological polar surface area (TPSA) is 78.9 Å². The molecule has 3 rings (SSSR count). The van der Waals surface area contributed by atoms with E-state index < -0.39 is 5.97 Å². The Kier molecular flexibility index (Phi) is 7.10. The fourth-order valence-electron chi connectivity index (χ4n) is 4.31. The van der Waals surface area contributed by atoms with Crippen molar-refractivity contribution in [1.29, 1.82) is 0 Å². The first-order valence-electron chi connectivity index (χ1n) is 10.0. The minimum atomic E-state index is -0.830. The predicted octanol–water partition coefficient (Wildman–Crippen LogP) is 3.06. The zero-order chi connectivity index (χ0) is 19.1. The van der Waals surface area contributed by atoms with Gasteiger partial charge in [0.1, 0.15) is 0 Å². The Morgan fingerprint density at radius 3 is 2.63 bits per heavy atom. The Morgan fingerprint density at radius 2 is 1.93 bits per heavy atom. The highest BCUT2D eigenvalue weighted by Gasteiger charge is 2.36. The molecule has 0 radical (unpaired) electrons. The molecule has 0 aromatic heterocycles. The van der Waals surface area contributed by atoms with Gasteiger partial charge in [-0.05, 0) is 50.0 Å². The van der Waals surface area contributed by atoms with Crippen molar-refractivity contribution in [2.24, 2.45) is 5.92 Å². The number of urea groups is 1.